The van der Waals surface area contributed by atoms with Crippen LogP contribution in [-0.2, 0) is 16.3 Å². The minimum absolute atomic E-state index is 0.238. The summed E-state index contributed by atoms with van der Waals surface area (Å²) in [5.41, 5.74) is 9.53. The second kappa shape index (κ2) is 6.86. The fourth-order valence-corrected chi connectivity index (χ4v) is 4.10. The predicted molar refractivity (Wildman–Crippen MR) is 99.9 cm³/mol. The van der Waals surface area contributed by atoms with E-state index in [1.807, 2.05) is 23.6 Å². The van der Waals surface area contributed by atoms with Crippen LogP contribution in [0.4, 0.5) is 5.69 Å². The van der Waals surface area contributed by atoms with Gasteiger partial charge in [0, 0.05) is 40.2 Å². The van der Waals surface area contributed by atoms with Gasteiger partial charge in [-0.3, -0.25) is 4.98 Å². The third-order valence-electron chi connectivity index (χ3n) is 3.78. The molecule has 24 heavy (non-hydrogen) atoms. The number of benzene rings is 1. The van der Waals surface area contributed by atoms with Crippen molar-refractivity contribution in [1.82, 2.24) is 9.97 Å². The van der Waals surface area contributed by atoms with Crippen molar-refractivity contribution in [3.63, 3.8) is 0 Å². The standard InChI is InChI=1S/C17H19N3O2S2/c1-24(21,22)9-3-2-4-17-20-16(11-23-17)12-5-6-15-13(10-12)14(18)7-8-19-15/h5-8,10-11H,2-4,9H2,1H3,(H2,18,19). The maximum absolute atomic E-state index is 11.1. The number of rotatable bonds is 6. The minimum Gasteiger partial charge on any atom is -0.398 e. The first kappa shape index (κ1) is 16.9. The molecule has 5 nitrogen and oxygen atoms in total. The molecule has 3 rings (SSSR count). The second-order valence-corrected chi connectivity index (χ2v) is 9.05. The van der Waals surface area contributed by atoms with Gasteiger partial charge in [0.1, 0.15) is 9.84 Å². The van der Waals surface area contributed by atoms with Crippen LogP contribution in [0.15, 0.2) is 35.8 Å². The van der Waals surface area contributed by atoms with Crippen molar-refractivity contribution < 1.29 is 8.42 Å². The average molecular weight is 361 g/mol. The first-order valence-electron chi connectivity index (χ1n) is 7.69. The molecule has 0 spiro atoms. The molecule has 0 unspecified atom stereocenters. The van der Waals surface area contributed by atoms with Crippen LogP contribution in [0.2, 0.25) is 0 Å². The molecular formula is C17H19N3O2S2. The zero-order valence-corrected chi connectivity index (χ0v) is 15.0. The number of nitrogens with zero attached hydrogens (tertiary/aromatic N) is 2. The van der Waals surface area contributed by atoms with Crippen molar-refractivity contribution >= 4 is 37.8 Å². The Labute approximate surface area is 145 Å². The van der Waals surface area contributed by atoms with E-state index in [1.165, 1.54) is 6.26 Å². The lowest BCUT2D eigenvalue weighted by Gasteiger charge is -2.03. The largest absolute Gasteiger partial charge is 0.398 e. The van der Waals surface area contributed by atoms with Crippen molar-refractivity contribution in [2.24, 2.45) is 0 Å². The van der Waals surface area contributed by atoms with Gasteiger partial charge in [0.15, 0.2) is 0 Å². The molecule has 0 radical (unpaired) electrons. The normalized spacial score (nSPS) is 11.9. The van der Waals surface area contributed by atoms with Gasteiger partial charge < -0.3 is 5.73 Å². The Bertz CT molecular complexity index is 965. The Morgan fingerprint density at radius 2 is 2.04 bits per heavy atom. The van der Waals surface area contributed by atoms with Crippen molar-refractivity contribution in [2.45, 2.75) is 19.3 Å². The summed E-state index contributed by atoms with van der Waals surface area (Å²) >= 11 is 1.60. The summed E-state index contributed by atoms with van der Waals surface area (Å²) in [5, 5.41) is 3.98. The van der Waals surface area contributed by atoms with Gasteiger partial charge in [-0.15, -0.1) is 11.3 Å². The zero-order valence-electron chi connectivity index (χ0n) is 13.4. The highest BCUT2D eigenvalue weighted by Crippen LogP contribution is 2.28. The van der Waals surface area contributed by atoms with Gasteiger partial charge in [-0.2, -0.15) is 0 Å². The lowest BCUT2D eigenvalue weighted by molar-refractivity contribution is 0.597. The highest BCUT2D eigenvalue weighted by Gasteiger charge is 2.08. The third-order valence-corrected chi connectivity index (χ3v) is 5.72. The topological polar surface area (TPSA) is 85.9 Å². The summed E-state index contributed by atoms with van der Waals surface area (Å²) in [6.45, 7) is 0. The van der Waals surface area contributed by atoms with Crippen LogP contribution in [-0.4, -0.2) is 30.4 Å². The number of aryl methyl sites for hydroxylation is 1. The van der Waals surface area contributed by atoms with Crippen LogP contribution in [0, 0.1) is 0 Å². The molecule has 0 aliphatic rings. The number of nitrogens with two attached hydrogens (primary N) is 1. The smallest absolute Gasteiger partial charge is 0.147 e. The maximum Gasteiger partial charge on any atom is 0.147 e. The van der Waals surface area contributed by atoms with Crippen molar-refractivity contribution in [2.75, 3.05) is 17.7 Å². The van der Waals surface area contributed by atoms with Gasteiger partial charge >= 0.3 is 0 Å². The van der Waals surface area contributed by atoms with Gasteiger partial charge in [-0.25, -0.2) is 13.4 Å². The van der Waals surface area contributed by atoms with E-state index in [4.69, 9.17) is 5.73 Å². The molecule has 0 amide bonds. The fraction of sp³-hybridized carbons (Fsp3) is 0.294. The number of fused-ring (bicyclic) bond motifs is 1. The van der Waals surface area contributed by atoms with E-state index < -0.39 is 9.84 Å². The Morgan fingerprint density at radius 3 is 2.83 bits per heavy atom. The summed E-state index contributed by atoms with van der Waals surface area (Å²) in [7, 11) is -2.88. The molecule has 126 valence electrons. The molecule has 0 fully saturated rings. The number of sulfone groups is 1. The molecule has 2 aromatic heterocycles. The number of hydrogen-bond acceptors (Lipinski definition) is 6. The zero-order chi connectivity index (χ0) is 17.2. The molecule has 0 aliphatic carbocycles. The Kier molecular flexibility index (Phi) is 4.82. The highest BCUT2D eigenvalue weighted by molar-refractivity contribution is 7.90. The summed E-state index contributed by atoms with van der Waals surface area (Å²) in [6.07, 6.45) is 5.28. The van der Waals surface area contributed by atoms with E-state index in [-0.39, 0.29) is 5.75 Å². The number of pyridine rings is 1. The molecule has 0 saturated heterocycles. The van der Waals surface area contributed by atoms with Crippen LogP contribution >= 0.6 is 11.3 Å². The van der Waals surface area contributed by atoms with Gasteiger partial charge in [0.2, 0.25) is 0 Å². The number of thiazole rings is 1. The van der Waals surface area contributed by atoms with E-state index in [0.29, 0.717) is 12.1 Å². The Balaban J connectivity index is 1.72. The summed E-state index contributed by atoms with van der Waals surface area (Å²) in [5.74, 6) is 0.238. The van der Waals surface area contributed by atoms with Crippen molar-refractivity contribution in [3.8, 4) is 11.3 Å². The summed E-state index contributed by atoms with van der Waals surface area (Å²) in [4.78, 5) is 8.96. The average Bonchev–Trinajstić information content (AvgIpc) is 3.00. The maximum atomic E-state index is 11.1. The molecule has 0 atom stereocenters. The van der Waals surface area contributed by atoms with Crippen LogP contribution in [0.5, 0.6) is 0 Å². The molecule has 2 heterocycles. The SMILES string of the molecule is CS(=O)(=O)CCCCc1nc(-c2ccc3nccc(N)c3c2)cs1. The molecule has 3 aromatic rings. The number of hydrogen-bond donors (Lipinski definition) is 1. The fourth-order valence-electron chi connectivity index (χ4n) is 2.53. The van der Waals surface area contributed by atoms with Crippen LogP contribution in [0.25, 0.3) is 22.2 Å². The molecule has 2 N–H and O–H groups in total. The van der Waals surface area contributed by atoms with Gasteiger partial charge in [-0.1, -0.05) is 6.07 Å². The highest BCUT2D eigenvalue weighted by atomic mass is 32.2. The van der Waals surface area contributed by atoms with E-state index in [1.54, 1.807) is 23.6 Å². The molecule has 0 aliphatic heterocycles. The second-order valence-electron chi connectivity index (χ2n) is 5.85. The summed E-state index contributed by atoms with van der Waals surface area (Å²) < 4.78 is 22.3. The van der Waals surface area contributed by atoms with E-state index in [9.17, 15) is 8.42 Å². The van der Waals surface area contributed by atoms with E-state index in [2.05, 4.69) is 9.97 Å². The third kappa shape index (κ3) is 4.10. The molecule has 0 bridgehead atoms. The Morgan fingerprint density at radius 1 is 1.21 bits per heavy atom. The Hall–Kier alpha value is -1.99. The number of nitrogen functional groups attached to an aromatic ring is 1. The quantitative estimate of drug-likeness (QED) is 0.681. The first-order valence-corrected chi connectivity index (χ1v) is 10.6. The molecule has 0 saturated carbocycles. The monoisotopic (exact) mass is 361 g/mol. The number of aromatic nitrogens is 2. The van der Waals surface area contributed by atoms with Crippen LogP contribution in [0.1, 0.15) is 17.8 Å². The van der Waals surface area contributed by atoms with Gasteiger partial charge in [0.25, 0.3) is 0 Å². The van der Waals surface area contributed by atoms with Crippen LogP contribution < -0.4 is 5.73 Å². The van der Waals surface area contributed by atoms with E-state index in [0.717, 1.165) is 40.0 Å². The summed E-state index contributed by atoms with van der Waals surface area (Å²) in [6, 6.07) is 7.75. The number of unbranched alkanes of at least 4 members (excludes halogenated alkanes) is 1. The molecule has 1 aromatic carbocycles. The molecular weight excluding hydrogens is 342 g/mol. The number of anilines is 1. The van der Waals surface area contributed by atoms with Crippen molar-refractivity contribution in [3.05, 3.63) is 40.8 Å². The van der Waals surface area contributed by atoms with Crippen molar-refractivity contribution in [1.29, 1.82) is 0 Å². The van der Waals surface area contributed by atoms with E-state index >= 15 is 0 Å². The lowest BCUT2D eigenvalue weighted by Crippen LogP contribution is -2.03. The lowest BCUT2D eigenvalue weighted by atomic mass is 10.1. The predicted octanol–water partition coefficient (Wildman–Crippen LogP) is 3.31. The van der Waals surface area contributed by atoms with Gasteiger partial charge in [-0.05, 0) is 37.5 Å². The minimum atomic E-state index is -2.88. The first-order chi connectivity index (χ1) is 11.4. The molecule has 7 heteroatoms. The van der Waals surface area contributed by atoms with Gasteiger partial charge in [0.05, 0.1) is 16.2 Å². The van der Waals surface area contributed by atoms with Crippen LogP contribution in [0.3, 0.4) is 0 Å².